The molecule has 31 heavy (non-hydrogen) atoms. The van der Waals surface area contributed by atoms with Gasteiger partial charge < -0.3 is 5.32 Å². The number of thioether (sulfide) groups is 1. The molecular weight excluding hydrogens is 424 g/mol. The highest BCUT2D eigenvalue weighted by Gasteiger charge is 2.22. The van der Waals surface area contributed by atoms with Gasteiger partial charge in [-0.3, -0.25) is 18.6 Å². The maximum Gasteiger partial charge on any atom is 0.263 e. The molecule has 1 unspecified atom stereocenters. The van der Waals surface area contributed by atoms with Gasteiger partial charge in [0.1, 0.15) is 11.6 Å². The summed E-state index contributed by atoms with van der Waals surface area (Å²) in [6, 6.07) is 9.85. The molecule has 2 aromatic heterocycles. The predicted octanol–water partition coefficient (Wildman–Crippen LogP) is 3.63. The van der Waals surface area contributed by atoms with Crippen LogP contribution in [-0.4, -0.2) is 30.3 Å². The van der Waals surface area contributed by atoms with Crippen molar-refractivity contribution in [1.82, 2.24) is 19.2 Å². The number of carbonyl (C=O) groups excluding carboxylic acids is 1. The Kier molecular flexibility index (Phi) is 5.55. The summed E-state index contributed by atoms with van der Waals surface area (Å²) >= 11 is 1.08. The number of benzene rings is 2. The average Bonchev–Trinajstić information content (AvgIpc) is 3.17. The minimum Gasteiger partial charge on any atom is -0.323 e. The number of halogens is 2. The third-order valence-corrected chi connectivity index (χ3v) is 5.67. The zero-order valence-corrected chi connectivity index (χ0v) is 17.2. The summed E-state index contributed by atoms with van der Waals surface area (Å²) < 4.78 is 30.4. The molecule has 0 aliphatic carbocycles. The summed E-state index contributed by atoms with van der Waals surface area (Å²) in [5.41, 5.74) is 0.132. The summed E-state index contributed by atoms with van der Waals surface area (Å²) in [5.74, 6) is -1.61. The molecule has 0 fully saturated rings. The number of aromatic nitrogens is 4. The van der Waals surface area contributed by atoms with Crippen molar-refractivity contribution in [2.24, 2.45) is 0 Å². The van der Waals surface area contributed by atoms with Gasteiger partial charge in [-0.25, -0.2) is 8.78 Å². The van der Waals surface area contributed by atoms with Crippen LogP contribution in [0.25, 0.3) is 16.7 Å². The van der Waals surface area contributed by atoms with E-state index in [0.717, 1.165) is 30.0 Å². The molecule has 0 bridgehead atoms. The van der Waals surface area contributed by atoms with Gasteiger partial charge in [0.15, 0.2) is 5.16 Å². The number of nitrogens with zero attached hydrogens (tertiary/aromatic N) is 4. The monoisotopic (exact) mass is 441 g/mol. The Morgan fingerprint density at radius 1 is 1.26 bits per heavy atom. The van der Waals surface area contributed by atoms with Gasteiger partial charge in [-0.1, -0.05) is 30.0 Å². The van der Waals surface area contributed by atoms with Crippen molar-refractivity contribution in [2.75, 3.05) is 5.32 Å². The zero-order chi connectivity index (χ0) is 22.1. The Morgan fingerprint density at radius 3 is 2.81 bits per heavy atom. The molecule has 158 valence electrons. The van der Waals surface area contributed by atoms with Gasteiger partial charge in [-0.15, -0.1) is 16.8 Å². The lowest BCUT2D eigenvalue weighted by Crippen LogP contribution is -2.24. The predicted molar refractivity (Wildman–Crippen MR) is 115 cm³/mol. The van der Waals surface area contributed by atoms with E-state index in [1.165, 1.54) is 4.57 Å². The van der Waals surface area contributed by atoms with Crippen LogP contribution in [0.4, 0.5) is 14.5 Å². The Hall–Kier alpha value is -3.53. The standard InChI is InChI=1S/C21H17F2N5O2S/c1-3-10-27-19(30)14-6-4-5-7-17(14)28-20(27)25-26-21(28)31-12(2)18(29)24-16-11-13(22)8-9-15(16)23/h3-9,11-12H,1,10H2,2H3,(H,24,29). The smallest absolute Gasteiger partial charge is 0.263 e. The van der Waals surface area contributed by atoms with E-state index < -0.39 is 22.8 Å². The second-order valence-electron chi connectivity index (χ2n) is 6.71. The van der Waals surface area contributed by atoms with Gasteiger partial charge in [-0.2, -0.15) is 0 Å². The SMILES string of the molecule is C=CCn1c(=O)c2ccccc2n2c(SC(C)C(=O)Nc3cc(F)ccc3F)nnc12. The molecule has 2 aromatic carbocycles. The number of hydrogen-bond donors (Lipinski definition) is 1. The first-order valence-electron chi connectivity index (χ1n) is 9.31. The first-order chi connectivity index (χ1) is 14.9. The van der Waals surface area contributed by atoms with Crippen LogP contribution in [0.2, 0.25) is 0 Å². The molecule has 1 N–H and O–H groups in total. The van der Waals surface area contributed by atoms with Gasteiger partial charge in [0.2, 0.25) is 11.7 Å². The number of rotatable bonds is 6. The quantitative estimate of drug-likeness (QED) is 0.365. The number of allylic oxidation sites excluding steroid dienone is 1. The van der Waals surface area contributed by atoms with Crippen LogP contribution >= 0.6 is 11.8 Å². The lowest BCUT2D eigenvalue weighted by molar-refractivity contribution is -0.115. The lowest BCUT2D eigenvalue weighted by atomic mass is 10.2. The highest BCUT2D eigenvalue weighted by atomic mass is 32.2. The van der Waals surface area contributed by atoms with Crippen LogP contribution in [0.5, 0.6) is 0 Å². The van der Waals surface area contributed by atoms with Gasteiger partial charge >= 0.3 is 0 Å². The normalized spacial score (nSPS) is 12.2. The van der Waals surface area contributed by atoms with Crippen molar-refractivity contribution in [3.8, 4) is 0 Å². The first kappa shape index (κ1) is 20.7. The van der Waals surface area contributed by atoms with Crippen LogP contribution in [0.3, 0.4) is 0 Å². The number of carbonyl (C=O) groups is 1. The molecule has 0 spiro atoms. The molecule has 0 saturated heterocycles. The van der Waals surface area contributed by atoms with E-state index in [-0.39, 0.29) is 17.8 Å². The molecule has 4 aromatic rings. The van der Waals surface area contributed by atoms with Crippen molar-refractivity contribution in [3.05, 3.63) is 77.1 Å². The van der Waals surface area contributed by atoms with Crippen LogP contribution in [0, 0.1) is 11.6 Å². The van der Waals surface area contributed by atoms with Crippen molar-refractivity contribution in [1.29, 1.82) is 0 Å². The van der Waals surface area contributed by atoms with E-state index in [1.54, 1.807) is 41.7 Å². The number of para-hydroxylation sites is 1. The fraction of sp³-hybridized carbons (Fsp3) is 0.143. The second-order valence-corrected chi connectivity index (χ2v) is 8.02. The lowest BCUT2D eigenvalue weighted by Gasteiger charge is -2.13. The van der Waals surface area contributed by atoms with Crippen molar-refractivity contribution in [3.63, 3.8) is 0 Å². The summed E-state index contributed by atoms with van der Waals surface area (Å²) in [6.07, 6.45) is 1.58. The molecule has 4 rings (SSSR count). The molecule has 0 aliphatic rings. The fourth-order valence-corrected chi connectivity index (χ4v) is 4.00. The van der Waals surface area contributed by atoms with Crippen LogP contribution in [0.15, 0.2) is 65.1 Å². The molecule has 0 saturated carbocycles. The molecule has 0 radical (unpaired) electrons. The van der Waals surface area contributed by atoms with Crippen LogP contribution < -0.4 is 10.9 Å². The zero-order valence-electron chi connectivity index (χ0n) is 16.4. The topological polar surface area (TPSA) is 81.3 Å². The Balaban J connectivity index is 1.72. The van der Waals surface area contributed by atoms with Crippen molar-refractivity contribution < 1.29 is 13.6 Å². The van der Waals surface area contributed by atoms with Crippen LogP contribution in [-0.2, 0) is 11.3 Å². The Morgan fingerprint density at radius 2 is 2.03 bits per heavy atom. The minimum atomic E-state index is -0.737. The molecule has 10 heteroatoms. The van der Waals surface area contributed by atoms with Gasteiger partial charge in [0, 0.05) is 12.6 Å². The molecule has 1 amide bonds. The van der Waals surface area contributed by atoms with Gasteiger partial charge in [0.05, 0.1) is 21.8 Å². The average molecular weight is 441 g/mol. The van der Waals surface area contributed by atoms with E-state index in [1.807, 2.05) is 0 Å². The van der Waals surface area contributed by atoms with Gasteiger partial charge in [0.25, 0.3) is 5.56 Å². The third-order valence-electron chi connectivity index (χ3n) is 4.63. The summed E-state index contributed by atoms with van der Waals surface area (Å²) in [7, 11) is 0. The number of hydrogen-bond acceptors (Lipinski definition) is 5. The molecule has 1 atom stereocenters. The van der Waals surface area contributed by atoms with Crippen molar-refractivity contribution >= 4 is 40.0 Å². The number of anilines is 1. The maximum absolute atomic E-state index is 13.9. The highest BCUT2D eigenvalue weighted by molar-refractivity contribution is 8.00. The first-order valence-corrected chi connectivity index (χ1v) is 10.2. The third kappa shape index (κ3) is 3.81. The molecular formula is C21H17F2N5O2S. The summed E-state index contributed by atoms with van der Waals surface area (Å²) in [4.78, 5) is 25.4. The molecule has 7 nitrogen and oxygen atoms in total. The van der Waals surface area contributed by atoms with E-state index >= 15 is 0 Å². The van der Waals surface area contributed by atoms with E-state index in [9.17, 15) is 18.4 Å². The Bertz CT molecular complexity index is 1380. The fourth-order valence-electron chi connectivity index (χ4n) is 3.14. The van der Waals surface area contributed by atoms with Crippen LogP contribution in [0.1, 0.15) is 6.92 Å². The van der Waals surface area contributed by atoms with Crippen molar-refractivity contribution in [2.45, 2.75) is 23.9 Å². The summed E-state index contributed by atoms with van der Waals surface area (Å²) in [5, 5.41) is 10.8. The van der Waals surface area contributed by atoms with Gasteiger partial charge in [-0.05, 0) is 31.2 Å². The number of fused-ring (bicyclic) bond motifs is 3. The van der Waals surface area contributed by atoms with E-state index in [4.69, 9.17) is 0 Å². The minimum absolute atomic E-state index is 0.223. The van der Waals surface area contributed by atoms with E-state index in [2.05, 4.69) is 22.1 Å². The highest BCUT2D eigenvalue weighted by Crippen LogP contribution is 2.26. The largest absolute Gasteiger partial charge is 0.323 e. The maximum atomic E-state index is 13.9. The summed E-state index contributed by atoms with van der Waals surface area (Å²) in [6.45, 7) is 5.54. The second kappa shape index (κ2) is 8.31. The number of amides is 1. The molecule has 0 aliphatic heterocycles. The van der Waals surface area contributed by atoms with E-state index in [0.29, 0.717) is 21.8 Å². The number of nitrogens with one attached hydrogen (secondary N) is 1. The Labute approximate surface area is 179 Å². The molecule has 2 heterocycles.